The summed E-state index contributed by atoms with van der Waals surface area (Å²) in [5.74, 6) is 0.115. The zero-order valence-corrected chi connectivity index (χ0v) is 9.65. The van der Waals surface area contributed by atoms with Gasteiger partial charge in [0.2, 0.25) is 6.41 Å². The first-order valence-electron chi connectivity index (χ1n) is 5.75. The quantitative estimate of drug-likeness (QED) is 0.521. The molecule has 1 aliphatic heterocycles. The van der Waals surface area contributed by atoms with E-state index in [4.69, 9.17) is 0 Å². The molecule has 0 unspecified atom stereocenters. The van der Waals surface area contributed by atoms with Crippen molar-refractivity contribution >= 4 is 12.1 Å². The van der Waals surface area contributed by atoms with Gasteiger partial charge in [-0.3, -0.25) is 9.69 Å². The van der Waals surface area contributed by atoms with E-state index in [9.17, 15) is 9.90 Å². The van der Waals surface area contributed by atoms with Gasteiger partial charge in [0.25, 0.3) is 0 Å². The summed E-state index contributed by atoms with van der Waals surface area (Å²) in [7, 11) is 0. The van der Waals surface area contributed by atoms with Gasteiger partial charge in [0.05, 0.1) is 5.69 Å². The van der Waals surface area contributed by atoms with Gasteiger partial charge in [0, 0.05) is 32.7 Å². The van der Waals surface area contributed by atoms with E-state index in [0.29, 0.717) is 12.1 Å². The van der Waals surface area contributed by atoms with E-state index in [1.54, 1.807) is 12.1 Å². The van der Waals surface area contributed by atoms with Crippen LogP contribution in [0.1, 0.15) is 5.56 Å². The standard InChI is InChI=1S/C12H17N3O2/c16-9-14-11-2-1-10(7-12(11)17)8-15-5-3-13-4-6-15/h1-2,7,9,13,17H,3-6,8H2,(H,14,16). The Morgan fingerprint density at radius 3 is 2.82 bits per heavy atom. The zero-order chi connectivity index (χ0) is 12.1. The van der Waals surface area contributed by atoms with Crippen molar-refractivity contribution < 1.29 is 9.90 Å². The van der Waals surface area contributed by atoms with Crippen LogP contribution in [0.25, 0.3) is 0 Å². The molecule has 2 rings (SSSR count). The molecule has 1 heterocycles. The number of piperazine rings is 1. The zero-order valence-electron chi connectivity index (χ0n) is 9.65. The second kappa shape index (κ2) is 5.65. The second-order valence-electron chi connectivity index (χ2n) is 4.14. The number of carbonyl (C=O) groups excluding carboxylic acids is 1. The molecule has 0 saturated carbocycles. The average Bonchev–Trinajstić information content (AvgIpc) is 2.34. The van der Waals surface area contributed by atoms with Gasteiger partial charge in [-0.15, -0.1) is 0 Å². The maximum atomic E-state index is 10.3. The maximum Gasteiger partial charge on any atom is 0.211 e. The summed E-state index contributed by atoms with van der Waals surface area (Å²) >= 11 is 0. The first kappa shape index (κ1) is 11.9. The first-order valence-corrected chi connectivity index (χ1v) is 5.75. The van der Waals surface area contributed by atoms with Crippen molar-refractivity contribution in [2.24, 2.45) is 0 Å². The number of hydrogen-bond donors (Lipinski definition) is 3. The van der Waals surface area contributed by atoms with Gasteiger partial charge in [-0.25, -0.2) is 0 Å². The Bertz CT molecular complexity index is 389. The maximum absolute atomic E-state index is 10.3. The molecule has 5 heteroatoms. The number of amides is 1. The van der Waals surface area contributed by atoms with Crippen molar-refractivity contribution in [1.29, 1.82) is 0 Å². The highest BCUT2D eigenvalue weighted by Crippen LogP contribution is 2.24. The summed E-state index contributed by atoms with van der Waals surface area (Å²) < 4.78 is 0. The van der Waals surface area contributed by atoms with Crippen LogP contribution >= 0.6 is 0 Å². The number of benzene rings is 1. The van der Waals surface area contributed by atoms with Crippen LogP contribution in [-0.2, 0) is 11.3 Å². The van der Waals surface area contributed by atoms with E-state index in [1.807, 2.05) is 6.07 Å². The van der Waals surface area contributed by atoms with E-state index in [0.717, 1.165) is 38.3 Å². The number of rotatable bonds is 4. The minimum Gasteiger partial charge on any atom is -0.506 e. The Morgan fingerprint density at radius 1 is 1.41 bits per heavy atom. The van der Waals surface area contributed by atoms with E-state index in [2.05, 4.69) is 15.5 Å². The van der Waals surface area contributed by atoms with Gasteiger partial charge >= 0.3 is 0 Å². The number of phenols is 1. The van der Waals surface area contributed by atoms with Gasteiger partial charge in [0.1, 0.15) is 5.75 Å². The minimum atomic E-state index is 0.115. The van der Waals surface area contributed by atoms with Crippen molar-refractivity contribution in [3.05, 3.63) is 23.8 Å². The molecule has 1 aromatic rings. The van der Waals surface area contributed by atoms with E-state index >= 15 is 0 Å². The molecule has 5 nitrogen and oxygen atoms in total. The third kappa shape index (κ3) is 3.18. The van der Waals surface area contributed by atoms with Gasteiger partial charge in [-0.1, -0.05) is 6.07 Å². The lowest BCUT2D eigenvalue weighted by Gasteiger charge is -2.27. The number of anilines is 1. The summed E-state index contributed by atoms with van der Waals surface area (Å²) in [4.78, 5) is 12.6. The molecule has 0 atom stereocenters. The molecule has 0 spiro atoms. The topological polar surface area (TPSA) is 64.6 Å². The predicted molar refractivity (Wildman–Crippen MR) is 65.9 cm³/mol. The molecule has 92 valence electrons. The average molecular weight is 235 g/mol. The Morgan fingerprint density at radius 2 is 2.18 bits per heavy atom. The molecule has 0 aromatic heterocycles. The van der Waals surface area contributed by atoms with Gasteiger partial charge < -0.3 is 15.7 Å². The third-order valence-corrected chi connectivity index (χ3v) is 2.89. The van der Waals surface area contributed by atoms with Crippen molar-refractivity contribution in [3.8, 4) is 5.75 Å². The molecule has 3 N–H and O–H groups in total. The van der Waals surface area contributed by atoms with Crippen LogP contribution in [0.4, 0.5) is 5.69 Å². The Hall–Kier alpha value is -1.59. The molecule has 1 amide bonds. The van der Waals surface area contributed by atoms with Gasteiger partial charge in [0.15, 0.2) is 0 Å². The predicted octanol–water partition coefficient (Wildman–Crippen LogP) is 0.366. The van der Waals surface area contributed by atoms with Crippen molar-refractivity contribution in [2.75, 3.05) is 31.5 Å². The fraction of sp³-hybridized carbons (Fsp3) is 0.417. The lowest BCUT2D eigenvalue weighted by molar-refractivity contribution is -0.105. The number of aromatic hydroxyl groups is 1. The van der Waals surface area contributed by atoms with Crippen LogP contribution in [0.2, 0.25) is 0 Å². The third-order valence-electron chi connectivity index (χ3n) is 2.89. The van der Waals surface area contributed by atoms with Crippen molar-refractivity contribution in [3.63, 3.8) is 0 Å². The Labute approximate surface area is 100 Å². The molecule has 17 heavy (non-hydrogen) atoms. The molecule has 1 fully saturated rings. The molecule has 1 aromatic carbocycles. The molecule has 0 aliphatic carbocycles. The van der Waals surface area contributed by atoms with Crippen LogP contribution < -0.4 is 10.6 Å². The van der Waals surface area contributed by atoms with Gasteiger partial charge in [-0.2, -0.15) is 0 Å². The molecule has 0 radical (unpaired) electrons. The molecule has 1 aliphatic rings. The highest BCUT2D eigenvalue weighted by molar-refractivity contribution is 5.75. The highest BCUT2D eigenvalue weighted by atomic mass is 16.3. The van der Waals surface area contributed by atoms with E-state index < -0.39 is 0 Å². The number of nitrogens with one attached hydrogen (secondary N) is 2. The molecule has 0 bridgehead atoms. The number of carbonyl (C=O) groups is 1. The fourth-order valence-corrected chi connectivity index (χ4v) is 1.99. The van der Waals surface area contributed by atoms with Crippen LogP contribution in [0.3, 0.4) is 0 Å². The summed E-state index contributed by atoms with van der Waals surface area (Å²) in [6, 6.07) is 5.35. The molecular formula is C12H17N3O2. The molecular weight excluding hydrogens is 218 g/mol. The van der Waals surface area contributed by atoms with Crippen LogP contribution in [0, 0.1) is 0 Å². The Kier molecular flexibility index (Phi) is 3.95. The minimum absolute atomic E-state index is 0.115. The first-order chi connectivity index (χ1) is 8.29. The van der Waals surface area contributed by atoms with Crippen molar-refractivity contribution in [2.45, 2.75) is 6.54 Å². The van der Waals surface area contributed by atoms with E-state index in [1.165, 1.54) is 0 Å². The summed E-state index contributed by atoms with van der Waals surface area (Å²) in [5.41, 5.74) is 1.50. The second-order valence-corrected chi connectivity index (χ2v) is 4.14. The van der Waals surface area contributed by atoms with Gasteiger partial charge in [-0.05, 0) is 17.7 Å². The summed E-state index contributed by atoms with van der Waals surface area (Å²) in [6.07, 6.45) is 0.561. The van der Waals surface area contributed by atoms with Crippen LogP contribution in [0.5, 0.6) is 5.75 Å². The smallest absolute Gasteiger partial charge is 0.211 e. The highest BCUT2D eigenvalue weighted by Gasteiger charge is 2.10. The normalized spacial score (nSPS) is 16.7. The number of hydrogen-bond acceptors (Lipinski definition) is 4. The SMILES string of the molecule is O=CNc1ccc(CN2CCNCC2)cc1O. The lowest BCUT2D eigenvalue weighted by Crippen LogP contribution is -2.42. The summed E-state index contributed by atoms with van der Waals surface area (Å²) in [5, 5.41) is 15.4. The lowest BCUT2D eigenvalue weighted by atomic mass is 10.1. The summed E-state index contributed by atoms with van der Waals surface area (Å²) in [6.45, 7) is 4.90. The number of nitrogens with zero attached hydrogens (tertiary/aromatic N) is 1. The Balaban J connectivity index is 2.01. The van der Waals surface area contributed by atoms with E-state index in [-0.39, 0.29) is 5.75 Å². The monoisotopic (exact) mass is 235 g/mol. The largest absolute Gasteiger partial charge is 0.506 e. The fourth-order valence-electron chi connectivity index (χ4n) is 1.99. The van der Waals surface area contributed by atoms with Crippen molar-refractivity contribution in [1.82, 2.24) is 10.2 Å². The number of phenolic OH excluding ortho intramolecular Hbond substituents is 1. The van der Waals surface area contributed by atoms with Crippen LogP contribution in [-0.4, -0.2) is 42.6 Å². The van der Waals surface area contributed by atoms with Crippen LogP contribution in [0.15, 0.2) is 18.2 Å². The molecule has 1 saturated heterocycles.